The second-order valence-corrected chi connectivity index (χ2v) is 4.35. The lowest BCUT2D eigenvalue weighted by atomic mass is 9.91. The fourth-order valence-corrected chi connectivity index (χ4v) is 2.08. The van der Waals surface area contributed by atoms with Gasteiger partial charge in [0, 0.05) is 5.69 Å². The van der Waals surface area contributed by atoms with E-state index < -0.39 is 5.54 Å². The average molecular weight is 218 g/mol. The van der Waals surface area contributed by atoms with Crippen LogP contribution in [0, 0.1) is 23.1 Å². The highest BCUT2D eigenvalue weighted by atomic mass is 19.1. The normalized spacial score (nSPS) is 18.6. The number of rotatable bonds is 4. The van der Waals surface area contributed by atoms with Gasteiger partial charge in [-0.3, -0.25) is 0 Å². The fraction of sp³-hybridized carbons (Fsp3) is 0.462. The van der Waals surface area contributed by atoms with E-state index in [-0.39, 0.29) is 5.82 Å². The predicted molar refractivity (Wildman–Crippen MR) is 61.4 cm³/mol. The molecule has 2 nitrogen and oxygen atoms in total. The minimum absolute atomic E-state index is 0.274. The molecule has 1 unspecified atom stereocenters. The lowest BCUT2D eigenvalue weighted by molar-refractivity contribution is 0.499. The van der Waals surface area contributed by atoms with Crippen LogP contribution < -0.4 is 5.32 Å². The van der Waals surface area contributed by atoms with E-state index in [9.17, 15) is 9.65 Å². The highest BCUT2D eigenvalue weighted by Gasteiger charge is 2.44. The lowest BCUT2D eigenvalue weighted by Gasteiger charge is -2.27. The van der Waals surface area contributed by atoms with Gasteiger partial charge in [0.25, 0.3) is 0 Å². The van der Waals surface area contributed by atoms with Crippen molar-refractivity contribution in [3.63, 3.8) is 0 Å². The van der Waals surface area contributed by atoms with Crippen LogP contribution >= 0.6 is 0 Å². The molecule has 1 fully saturated rings. The van der Waals surface area contributed by atoms with Crippen LogP contribution in [0.2, 0.25) is 0 Å². The van der Waals surface area contributed by atoms with Crippen LogP contribution in [0.4, 0.5) is 10.1 Å². The first-order valence-electron chi connectivity index (χ1n) is 5.65. The Balaban J connectivity index is 2.21. The topological polar surface area (TPSA) is 35.8 Å². The molecule has 0 saturated heterocycles. The number of halogens is 1. The van der Waals surface area contributed by atoms with Crippen LogP contribution in [0.3, 0.4) is 0 Å². The highest BCUT2D eigenvalue weighted by Crippen LogP contribution is 2.43. The van der Waals surface area contributed by atoms with Gasteiger partial charge in [-0.1, -0.05) is 13.0 Å². The zero-order valence-electron chi connectivity index (χ0n) is 9.33. The number of nitrogens with one attached hydrogen (secondary N) is 1. The molecule has 1 N–H and O–H groups in total. The summed E-state index contributed by atoms with van der Waals surface area (Å²) >= 11 is 0. The van der Waals surface area contributed by atoms with E-state index in [1.165, 1.54) is 12.1 Å². The molecular formula is C13H15FN2. The zero-order valence-corrected chi connectivity index (χ0v) is 9.33. The Bertz CT molecular complexity index is 420. The Hall–Kier alpha value is -1.56. The maximum atomic E-state index is 13.0. The van der Waals surface area contributed by atoms with E-state index in [4.69, 9.17) is 0 Å². The molecule has 1 aliphatic rings. The molecular weight excluding hydrogens is 203 g/mol. The Labute approximate surface area is 95.1 Å². The monoisotopic (exact) mass is 218 g/mol. The van der Waals surface area contributed by atoms with E-state index in [2.05, 4.69) is 11.4 Å². The SMILES string of the molecule is CCC(C#N)(Nc1cccc(F)c1)C1CC1. The summed E-state index contributed by atoms with van der Waals surface area (Å²) in [4.78, 5) is 0. The van der Waals surface area contributed by atoms with Crippen molar-refractivity contribution in [3.8, 4) is 6.07 Å². The minimum atomic E-state index is -0.520. The Morgan fingerprint density at radius 3 is 2.81 bits per heavy atom. The Kier molecular flexibility index (Phi) is 2.82. The number of benzene rings is 1. The molecule has 0 spiro atoms. The second-order valence-electron chi connectivity index (χ2n) is 4.35. The highest BCUT2D eigenvalue weighted by molar-refractivity contribution is 5.48. The number of hydrogen-bond donors (Lipinski definition) is 1. The van der Waals surface area contributed by atoms with E-state index >= 15 is 0 Å². The Morgan fingerprint density at radius 2 is 2.31 bits per heavy atom. The number of anilines is 1. The first-order chi connectivity index (χ1) is 7.70. The van der Waals surface area contributed by atoms with Gasteiger partial charge in [0.05, 0.1) is 6.07 Å². The molecule has 1 aliphatic carbocycles. The maximum absolute atomic E-state index is 13.0. The largest absolute Gasteiger partial charge is 0.367 e. The van der Waals surface area contributed by atoms with Crippen molar-refractivity contribution < 1.29 is 4.39 Å². The van der Waals surface area contributed by atoms with E-state index in [1.807, 2.05) is 6.92 Å². The molecule has 0 aromatic heterocycles. The third-order valence-electron chi connectivity index (χ3n) is 3.22. The van der Waals surface area contributed by atoms with Crippen molar-refractivity contribution in [2.45, 2.75) is 31.7 Å². The van der Waals surface area contributed by atoms with Gasteiger partial charge in [0.2, 0.25) is 0 Å². The molecule has 84 valence electrons. The molecule has 1 aromatic rings. The van der Waals surface area contributed by atoms with Crippen molar-refractivity contribution in [1.29, 1.82) is 5.26 Å². The van der Waals surface area contributed by atoms with Gasteiger partial charge in [-0.25, -0.2) is 4.39 Å². The molecule has 0 radical (unpaired) electrons. The summed E-state index contributed by atoms with van der Waals surface area (Å²) in [6.45, 7) is 1.99. The smallest absolute Gasteiger partial charge is 0.127 e. The van der Waals surface area contributed by atoms with Gasteiger partial charge >= 0.3 is 0 Å². The van der Waals surface area contributed by atoms with E-state index in [1.54, 1.807) is 12.1 Å². The van der Waals surface area contributed by atoms with E-state index in [0.29, 0.717) is 11.6 Å². The maximum Gasteiger partial charge on any atom is 0.127 e. The summed E-state index contributed by atoms with van der Waals surface area (Å²) in [6, 6.07) is 8.66. The molecule has 1 saturated carbocycles. The van der Waals surface area contributed by atoms with Gasteiger partial charge in [-0.15, -0.1) is 0 Å². The van der Waals surface area contributed by atoms with Crippen LogP contribution in [0.25, 0.3) is 0 Å². The van der Waals surface area contributed by atoms with Crippen LogP contribution in [0.1, 0.15) is 26.2 Å². The quantitative estimate of drug-likeness (QED) is 0.841. The molecule has 0 aliphatic heterocycles. The molecule has 0 bridgehead atoms. The van der Waals surface area contributed by atoms with Crippen molar-refractivity contribution in [1.82, 2.24) is 0 Å². The number of nitrogens with zero attached hydrogens (tertiary/aromatic N) is 1. The summed E-state index contributed by atoms with van der Waals surface area (Å²) in [5, 5.41) is 12.5. The Morgan fingerprint density at radius 1 is 1.56 bits per heavy atom. The first kappa shape index (κ1) is 10.9. The predicted octanol–water partition coefficient (Wildman–Crippen LogP) is 3.32. The molecule has 3 heteroatoms. The molecule has 0 heterocycles. The van der Waals surface area contributed by atoms with Gasteiger partial charge in [0.15, 0.2) is 0 Å². The average Bonchev–Trinajstić information content (AvgIpc) is 3.10. The van der Waals surface area contributed by atoms with Crippen LogP contribution in [0.5, 0.6) is 0 Å². The van der Waals surface area contributed by atoms with Gasteiger partial charge in [0.1, 0.15) is 11.4 Å². The summed E-state index contributed by atoms with van der Waals surface area (Å²) in [7, 11) is 0. The molecule has 0 amide bonds. The van der Waals surface area contributed by atoms with Crippen molar-refractivity contribution in [2.75, 3.05) is 5.32 Å². The molecule has 1 atom stereocenters. The summed E-state index contributed by atoms with van der Waals surface area (Å²) in [6.07, 6.45) is 2.91. The first-order valence-corrected chi connectivity index (χ1v) is 5.65. The molecule has 16 heavy (non-hydrogen) atoms. The molecule has 1 aromatic carbocycles. The minimum Gasteiger partial charge on any atom is -0.367 e. The van der Waals surface area contributed by atoms with Crippen LogP contribution in [-0.2, 0) is 0 Å². The number of nitriles is 1. The van der Waals surface area contributed by atoms with Crippen molar-refractivity contribution >= 4 is 5.69 Å². The lowest BCUT2D eigenvalue weighted by Crippen LogP contribution is -2.38. The standard InChI is InChI=1S/C13H15FN2/c1-2-13(9-15,10-6-7-10)16-12-5-3-4-11(14)8-12/h3-5,8,10,16H,2,6-7H2,1H3. The molecule has 2 rings (SSSR count). The second kappa shape index (κ2) is 4.13. The van der Waals surface area contributed by atoms with Gasteiger partial charge < -0.3 is 5.32 Å². The van der Waals surface area contributed by atoms with Crippen molar-refractivity contribution in [3.05, 3.63) is 30.1 Å². The van der Waals surface area contributed by atoms with Gasteiger partial charge in [-0.05, 0) is 43.4 Å². The third-order valence-corrected chi connectivity index (χ3v) is 3.22. The van der Waals surface area contributed by atoms with Crippen LogP contribution in [0.15, 0.2) is 24.3 Å². The van der Waals surface area contributed by atoms with E-state index in [0.717, 1.165) is 19.3 Å². The summed E-state index contributed by atoms with van der Waals surface area (Å²) in [5.74, 6) is 0.134. The third kappa shape index (κ3) is 2.01. The zero-order chi connectivity index (χ0) is 11.6. The number of hydrogen-bond acceptors (Lipinski definition) is 2. The summed E-state index contributed by atoms with van der Waals surface area (Å²) in [5.41, 5.74) is 0.170. The fourth-order valence-electron chi connectivity index (χ4n) is 2.08. The van der Waals surface area contributed by atoms with Gasteiger partial charge in [-0.2, -0.15) is 5.26 Å². The summed E-state index contributed by atoms with van der Waals surface area (Å²) < 4.78 is 13.0. The van der Waals surface area contributed by atoms with Crippen molar-refractivity contribution in [2.24, 2.45) is 5.92 Å². The van der Waals surface area contributed by atoms with Crippen LogP contribution in [-0.4, -0.2) is 5.54 Å².